The molecule has 2 aromatic rings. The highest BCUT2D eigenvalue weighted by molar-refractivity contribution is 7.89. The van der Waals surface area contributed by atoms with Gasteiger partial charge in [0.15, 0.2) is 0 Å². The van der Waals surface area contributed by atoms with Crippen molar-refractivity contribution >= 4 is 15.7 Å². The van der Waals surface area contributed by atoms with Crippen molar-refractivity contribution in [2.75, 3.05) is 0 Å². The predicted molar refractivity (Wildman–Crippen MR) is 80.8 cm³/mol. The summed E-state index contributed by atoms with van der Waals surface area (Å²) in [5, 5.41) is 10.9. The SMILES string of the molecule is Cc1c(F)cc(S(=O)(=O)N[C@H](C)c2cccnc2)cc1[N+](=O)[O-]. The molecule has 0 aliphatic heterocycles. The van der Waals surface area contributed by atoms with E-state index in [1.54, 1.807) is 25.3 Å². The maximum absolute atomic E-state index is 13.8. The molecular formula is C14H14FN3O4S. The summed E-state index contributed by atoms with van der Waals surface area (Å²) in [5.74, 6) is -0.950. The first-order valence-electron chi connectivity index (χ1n) is 6.59. The maximum atomic E-state index is 13.8. The summed E-state index contributed by atoms with van der Waals surface area (Å²) in [7, 11) is -4.13. The average molecular weight is 339 g/mol. The molecule has 23 heavy (non-hydrogen) atoms. The average Bonchev–Trinajstić information content (AvgIpc) is 2.49. The molecule has 9 heteroatoms. The molecule has 1 aromatic heterocycles. The minimum atomic E-state index is -4.13. The number of nitro groups is 1. The summed E-state index contributed by atoms with van der Waals surface area (Å²) in [6, 6.07) is 4.31. The fourth-order valence-corrected chi connectivity index (χ4v) is 3.25. The van der Waals surface area contributed by atoms with E-state index in [9.17, 15) is 22.9 Å². The van der Waals surface area contributed by atoms with Gasteiger partial charge >= 0.3 is 0 Å². The van der Waals surface area contributed by atoms with Crippen molar-refractivity contribution in [2.45, 2.75) is 24.8 Å². The largest absolute Gasteiger partial charge is 0.276 e. The van der Waals surface area contributed by atoms with Gasteiger partial charge in [-0.2, -0.15) is 0 Å². The zero-order valence-electron chi connectivity index (χ0n) is 12.4. The van der Waals surface area contributed by atoms with Gasteiger partial charge in [0.05, 0.1) is 15.4 Å². The highest BCUT2D eigenvalue weighted by Crippen LogP contribution is 2.26. The summed E-state index contributed by atoms with van der Waals surface area (Å²) in [4.78, 5) is 13.5. The second-order valence-corrected chi connectivity index (χ2v) is 6.65. The molecule has 0 aliphatic rings. The van der Waals surface area contributed by atoms with Crippen LogP contribution in [0.15, 0.2) is 41.6 Å². The van der Waals surface area contributed by atoms with Gasteiger partial charge in [0.25, 0.3) is 5.69 Å². The molecule has 1 atom stereocenters. The van der Waals surface area contributed by atoms with E-state index < -0.39 is 37.4 Å². The van der Waals surface area contributed by atoms with Crippen LogP contribution in [0.25, 0.3) is 0 Å². The molecule has 0 amide bonds. The minimum absolute atomic E-state index is 0.214. The summed E-state index contributed by atoms with van der Waals surface area (Å²) < 4.78 is 40.8. The molecule has 0 aliphatic carbocycles. The second kappa shape index (κ2) is 6.39. The summed E-state index contributed by atoms with van der Waals surface area (Å²) in [6.45, 7) is 2.81. The highest BCUT2D eigenvalue weighted by atomic mass is 32.2. The number of aromatic nitrogens is 1. The molecule has 2 rings (SSSR count). The van der Waals surface area contributed by atoms with Crippen LogP contribution in [0, 0.1) is 22.9 Å². The topological polar surface area (TPSA) is 102 Å². The van der Waals surface area contributed by atoms with E-state index in [2.05, 4.69) is 9.71 Å². The standard InChI is InChI=1S/C14H14FN3O4S/c1-9-13(15)6-12(7-14(9)18(19)20)23(21,22)17-10(2)11-4-3-5-16-8-11/h3-8,10,17H,1-2H3/t10-/m1/s1. The van der Waals surface area contributed by atoms with Gasteiger partial charge in [-0.3, -0.25) is 15.1 Å². The number of nitro benzene ring substituents is 1. The molecule has 7 nitrogen and oxygen atoms in total. The molecule has 1 aromatic carbocycles. The molecule has 0 bridgehead atoms. The lowest BCUT2D eigenvalue weighted by Crippen LogP contribution is -2.27. The Kier molecular flexibility index (Phi) is 4.71. The molecule has 122 valence electrons. The smallest absolute Gasteiger partial charge is 0.264 e. The van der Waals surface area contributed by atoms with Crippen LogP contribution in [0.2, 0.25) is 0 Å². The Labute approximate surface area is 132 Å². The van der Waals surface area contributed by atoms with Gasteiger partial charge in [0, 0.05) is 24.5 Å². The Morgan fingerprint density at radius 2 is 2.09 bits per heavy atom. The minimum Gasteiger partial charge on any atom is -0.264 e. The number of hydrogen-bond acceptors (Lipinski definition) is 5. The van der Waals surface area contributed by atoms with Crippen LogP contribution in [-0.2, 0) is 10.0 Å². The quantitative estimate of drug-likeness (QED) is 0.666. The molecule has 1 heterocycles. The van der Waals surface area contributed by atoms with E-state index in [-0.39, 0.29) is 5.56 Å². The lowest BCUT2D eigenvalue weighted by Gasteiger charge is -2.14. The maximum Gasteiger partial charge on any atom is 0.276 e. The first-order valence-corrected chi connectivity index (χ1v) is 8.07. The Morgan fingerprint density at radius 3 is 2.65 bits per heavy atom. The number of rotatable bonds is 5. The highest BCUT2D eigenvalue weighted by Gasteiger charge is 2.24. The summed E-state index contributed by atoms with van der Waals surface area (Å²) >= 11 is 0. The molecule has 0 saturated heterocycles. The normalized spacial score (nSPS) is 12.8. The van der Waals surface area contributed by atoms with E-state index in [1.807, 2.05) is 0 Å². The van der Waals surface area contributed by atoms with Crippen LogP contribution in [0.4, 0.5) is 10.1 Å². The van der Waals surface area contributed by atoms with Gasteiger partial charge in [-0.25, -0.2) is 17.5 Å². The van der Waals surface area contributed by atoms with Gasteiger partial charge in [0.1, 0.15) is 5.82 Å². The van der Waals surface area contributed by atoms with Crippen LogP contribution in [0.1, 0.15) is 24.1 Å². The fraction of sp³-hybridized carbons (Fsp3) is 0.214. The van der Waals surface area contributed by atoms with Crippen molar-refractivity contribution in [1.29, 1.82) is 0 Å². The number of benzene rings is 1. The van der Waals surface area contributed by atoms with Crippen molar-refractivity contribution in [3.8, 4) is 0 Å². The number of halogens is 1. The van der Waals surface area contributed by atoms with Crippen LogP contribution in [0.5, 0.6) is 0 Å². The van der Waals surface area contributed by atoms with Crippen molar-refractivity contribution in [1.82, 2.24) is 9.71 Å². The molecule has 0 unspecified atom stereocenters. The Morgan fingerprint density at radius 1 is 1.39 bits per heavy atom. The second-order valence-electron chi connectivity index (χ2n) is 4.94. The third kappa shape index (κ3) is 3.69. The molecule has 0 fully saturated rings. The van der Waals surface area contributed by atoms with E-state index in [0.717, 1.165) is 12.1 Å². The predicted octanol–water partition coefficient (Wildman–Crippen LogP) is 2.48. The van der Waals surface area contributed by atoms with E-state index in [4.69, 9.17) is 0 Å². The van der Waals surface area contributed by atoms with Crippen LogP contribution in [-0.4, -0.2) is 18.3 Å². The first-order chi connectivity index (χ1) is 10.7. The van der Waals surface area contributed by atoms with Crippen LogP contribution < -0.4 is 4.72 Å². The van der Waals surface area contributed by atoms with E-state index in [1.165, 1.54) is 13.1 Å². The number of hydrogen-bond donors (Lipinski definition) is 1. The molecule has 0 saturated carbocycles. The van der Waals surface area contributed by atoms with Crippen molar-refractivity contribution < 1.29 is 17.7 Å². The van der Waals surface area contributed by atoms with Gasteiger partial charge in [-0.15, -0.1) is 0 Å². The third-order valence-corrected chi connectivity index (χ3v) is 4.83. The van der Waals surface area contributed by atoms with E-state index in [0.29, 0.717) is 5.56 Å². The fourth-order valence-electron chi connectivity index (χ4n) is 1.99. The number of sulfonamides is 1. The number of pyridine rings is 1. The van der Waals surface area contributed by atoms with Crippen molar-refractivity contribution in [3.63, 3.8) is 0 Å². The van der Waals surface area contributed by atoms with Gasteiger partial charge in [0.2, 0.25) is 10.0 Å². The third-order valence-electron chi connectivity index (χ3n) is 3.31. The van der Waals surface area contributed by atoms with Gasteiger partial charge in [-0.05, 0) is 31.5 Å². The van der Waals surface area contributed by atoms with Crippen molar-refractivity contribution in [2.24, 2.45) is 0 Å². The lowest BCUT2D eigenvalue weighted by atomic mass is 10.2. The zero-order valence-corrected chi connectivity index (χ0v) is 13.2. The van der Waals surface area contributed by atoms with Crippen LogP contribution in [0.3, 0.4) is 0 Å². The monoisotopic (exact) mass is 339 g/mol. The summed E-state index contributed by atoms with van der Waals surface area (Å²) in [6.07, 6.45) is 3.04. The zero-order chi connectivity index (χ0) is 17.2. The Hall–Kier alpha value is -2.39. The van der Waals surface area contributed by atoms with Crippen LogP contribution >= 0.6 is 0 Å². The first kappa shape index (κ1) is 17.0. The Bertz CT molecular complexity index is 841. The Balaban J connectivity index is 2.39. The van der Waals surface area contributed by atoms with Gasteiger partial charge < -0.3 is 0 Å². The van der Waals surface area contributed by atoms with Gasteiger partial charge in [-0.1, -0.05) is 6.07 Å². The van der Waals surface area contributed by atoms with Crippen molar-refractivity contribution in [3.05, 3.63) is 63.7 Å². The lowest BCUT2D eigenvalue weighted by molar-refractivity contribution is -0.385. The molecule has 1 N–H and O–H groups in total. The summed E-state index contributed by atoms with van der Waals surface area (Å²) in [5.41, 5.74) is -0.188. The molecular weight excluding hydrogens is 325 g/mol. The molecule has 0 spiro atoms. The molecule has 0 radical (unpaired) electrons. The van der Waals surface area contributed by atoms with E-state index >= 15 is 0 Å². The number of nitrogens with zero attached hydrogens (tertiary/aromatic N) is 2. The number of nitrogens with one attached hydrogen (secondary N) is 1.